The van der Waals surface area contributed by atoms with Gasteiger partial charge in [-0.15, -0.1) is 0 Å². The first-order valence-corrected chi connectivity index (χ1v) is 4.36. The Morgan fingerprint density at radius 1 is 1.56 bits per heavy atom. The number of carbonyl (C=O) groups excluding carboxylic acids is 1. The highest BCUT2D eigenvalue weighted by atomic mass is 16.6. The molecule has 16 heavy (non-hydrogen) atoms. The van der Waals surface area contributed by atoms with Gasteiger partial charge in [-0.1, -0.05) is 6.58 Å². The van der Waals surface area contributed by atoms with Gasteiger partial charge in [0.2, 0.25) is 0 Å². The Kier molecular flexibility index (Phi) is 3.24. The van der Waals surface area contributed by atoms with E-state index in [0.29, 0.717) is 0 Å². The molecule has 0 aliphatic heterocycles. The predicted molar refractivity (Wildman–Crippen MR) is 58.2 cm³/mol. The molecule has 1 rings (SSSR count). The lowest BCUT2D eigenvalue weighted by molar-refractivity contribution is -0.384. The summed E-state index contributed by atoms with van der Waals surface area (Å²) in [5.41, 5.74) is 0.0166. The largest absolute Gasteiger partial charge is 0.506 e. The third kappa shape index (κ3) is 2.57. The second-order valence-electron chi connectivity index (χ2n) is 3.19. The fourth-order valence-electron chi connectivity index (χ4n) is 0.967. The Labute approximate surface area is 91.4 Å². The number of nitrogens with zero attached hydrogens (tertiary/aromatic N) is 1. The minimum absolute atomic E-state index is 0.0119. The van der Waals surface area contributed by atoms with E-state index < -0.39 is 10.8 Å². The van der Waals surface area contributed by atoms with Crippen LogP contribution in [0.1, 0.15) is 6.92 Å². The quantitative estimate of drug-likeness (QED) is 0.353. The number of carbonyl (C=O) groups is 1. The molecule has 0 heterocycles. The highest BCUT2D eigenvalue weighted by molar-refractivity contribution is 6.03. The Morgan fingerprint density at radius 3 is 2.69 bits per heavy atom. The van der Waals surface area contributed by atoms with Crippen LogP contribution in [-0.4, -0.2) is 15.9 Å². The predicted octanol–water partition coefficient (Wildman–Crippen LogP) is 1.81. The number of nitro groups is 1. The maximum Gasteiger partial charge on any atom is 0.271 e. The van der Waals surface area contributed by atoms with Crippen molar-refractivity contribution >= 4 is 17.3 Å². The van der Waals surface area contributed by atoms with Crippen LogP contribution in [0.15, 0.2) is 30.4 Å². The van der Waals surface area contributed by atoms with Crippen molar-refractivity contribution in [3.63, 3.8) is 0 Å². The Hall–Kier alpha value is -2.37. The van der Waals surface area contributed by atoms with E-state index in [1.807, 2.05) is 0 Å². The van der Waals surface area contributed by atoms with Gasteiger partial charge in [0.15, 0.2) is 0 Å². The SMILES string of the molecule is C=C(C)C(=O)Nc1cc([N+](=O)[O-])ccc1O. The number of aromatic hydroxyl groups is 1. The minimum Gasteiger partial charge on any atom is -0.506 e. The van der Waals surface area contributed by atoms with E-state index in [-0.39, 0.29) is 22.7 Å². The normalized spacial score (nSPS) is 9.56. The molecule has 0 fully saturated rings. The molecule has 0 aliphatic rings. The van der Waals surface area contributed by atoms with Crippen LogP contribution in [0.25, 0.3) is 0 Å². The Bertz CT molecular complexity index is 468. The van der Waals surface area contributed by atoms with Gasteiger partial charge in [0.25, 0.3) is 11.6 Å². The lowest BCUT2D eigenvalue weighted by atomic mass is 10.2. The van der Waals surface area contributed by atoms with Crippen LogP contribution in [0, 0.1) is 10.1 Å². The van der Waals surface area contributed by atoms with Gasteiger partial charge in [-0.05, 0) is 13.0 Å². The molecule has 0 radical (unpaired) electrons. The summed E-state index contributed by atoms with van der Waals surface area (Å²) >= 11 is 0. The number of phenols is 1. The van der Waals surface area contributed by atoms with Gasteiger partial charge in [-0.2, -0.15) is 0 Å². The molecule has 0 aliphatic carbocycles. The molecule has 0 spiro atoms. The highest BCUT2D eigenvalue weighted by Gasteiger charge is 2.12. The van der Waals surface area contributed by atoms with Crippen LogP contribution < -0.4 is 5.32 Å². The maximum absolute atomic E-state index is 11.3. The van der Waals surface area contributed by atoms with Crippen LogP contribution in [-0.2, 0) is 4.79 Å². The van der Waals surface area contributed by atoms with Gasteiger partial charge in [0, 0.05) is 17.7 Å². The summed E-state index contributed by atoms with van der Waals surface area (Å²) in [6.45, 7) is 4.90. The summed E-state index contributed by atoms with van der Waals surface area (Å²) in [4.78, 5) is 21.1. The number of hydrogen-bond donors (Lipinski definition) is 2. The number of non-ortho nitro benzene ring substituents is 1. The monoisotopic (exact) mass is 222 g/mol. The fourth-order valence-corrected chi connectivity index (χ4v) is 0.967. The maximum atomic E-state index is 11.3. The van der Waals surface area contributed by atoms with E-state index in [1.165, 1.54) is 6.92 Å². The van der Waals surface area contributed by atoms with Crippen LogP contribution >= 0.6 is 0 Å². The molecular weight excluding hydrogens is 212 g/mol. The van der Waals surface area contributed by atoms with Gasteiger partial charge in [0.1, 0.15) is 5.75 Å². The van der Waals surface area contributed by atoms with Crippen molar-refractivity contribution in [1.82, 2.24) is 0 Å². The van der Waals surface area contributed by atoms with Crippen LogP contribution in [0.4, 0.5) is 11.4 Å². The lowest BCUT2D eigenvalue weighted by Gasteiger charge is -2.06. The Balaban J connectivity index is 3.03. The first kappa shape index (κ1) is 11.7. The molecule has 1 amide bonds. The number of hydrogen-bond acceptors (Lipinski definition) is 4. The van der Waals surface area contributed by atoms with E-state index in [4.69, 9.17) is 0 Å². The lowest BCUT2D eigenvalue weighted by Crippen LogP contribution is -2.12. The molecule has 1 aromatic rings. The number of nitrogens with one attached hydrogen (secondary N) is 1. The van der Waals surface area contributed by atoms with Gasteiger partial charge < -0.3 is 10.4 Å². The third-order valence-electron chi connectivity index (χ3n) is 1.83. The molecule has 0 bridgehead atoms. The van der Waals surface area contributed by atoms with Crippen molar-refractivity contribution in [2.75, 3.05) is 5.32 Å². The number of rotatable bonds is 3. The van der Waals surface area contributed by atoms with E-state index in [2.05, 4.69) is 11.9 Å². The average molecular weight is 222 g/mol. The van der Waals surface area contributed by atoms with Gasteiger partial charge in [-0.3, -0.25) is 14.9 Å². The van der Waals surface area contributed by atoms with Gasteiger partial charge in [0.05, 0.1) is 10.6 Å². The number of amides is 1. The van der Waals surface area contributed by atoms with E-state index >= 15 is 0 Å². The zero-order valence-electron chi connectivity index (χ0n) is 8.56. The standard InChI is InChI=1S/C10H10N2O4/c1-6(2)10(14)11-8-5-7(12(15)16)3-4-9(8)13/h3-5,13H,1H2,2H3,(H,11,14). The molecule has 1 aromatic carbocycles. The highest BCUT2D eigenvalue weighted by Crippen LogP contribution is 2.27. The number of anilines is 1. The average Bonchev–Trinajstić information content (AvgIpc) is 2.20. The zero-order chi connectivity index (χ0) is 12.3. The van der Waals surface area contributed by atoms with E-state index in [0.717, 1.165) is 18.2 Å². The minimum atomic E-state index is -0.615. The van der Waals surface area contributed by atoms with Crippen molar-refractivity contribution in [3.05, 3.63) is 40.5 Å². The molecule has 0 aromatic heterocycles. The topological polar surface area (TPSA) is 92.5 Å². The third-order valence-corrected chi connectivity index (χ3v) is 1.83. The van der Waals surface area contributed by atoms with Crippen LogP contribution in [0.2, 0.25) is 0 Å². The first-order valence-electron chi connectivity index (χ1n) is 4.36. The number of nitro benzene ring substituents is 1. The molecule has 6 heteroatoms. The fraction of sp³-hybridized carbons (Fsp3) is 0.100. The Morgan fingerprint density at radius 2 is 2.19 bits per heavy atom. The summed E-state index contributed by atoms with van der Waals surface area (Å²) in [5.74, 6) is -0.740. The second-order valence-corrected chi connectivity index (χ2v) is 3.19. The summed E-state index contributed by atoms with van der Waals surface area (Å²) in [6, 6.07) is 3.37. The number of benzene rings is 1. The van der Waals surface area contributed by atoms with Crippen molar-refractivity contribution in [2.45, 2.75) is 6.92 Å². The summed E-state index contributed by atoms with van der Waals surface area (Å²) < 4.78 is 0. The second kappa shape index (κ2) is 4.43. The summed E-state index contributed by atoms with van der Waals surface area (Å²) in [5, 5.41) is 22.2. The molecule has 0 saturated heterocycles. The zero-order valence-corrected chi connectivity index (χ0v) is 8.56. The number of phenolic OH excluding ortho intramolecular Hbond substituents is 1. The van der Waals surface area contributed by atoms with E-state index in [9.17, 15) is 20.0 Å². The molecule has 84 valence electrons. The van der Waals surface area contributed by atoms with Crippen LogP contribution in [0.5, 0.6) is 5.75 Å². The molecule has 0 saturated carbocycles. The molecule has 6 nitrogen and oxygen atoms in total. The van der Waals surface area contributed by atoms with E-state index in [1.54, 1.807) is 0 Å². The summed E-state index contributed by atoms with van der Waals surface area (Å²) in [7, 11) is 0. The van der Waals surface area contributed by atoms with Gasteiger partial charge in [-0.25, -0.2) is 0 Å². The summed E-state index contributed by atoms with van der Waals surface area (Å²) in [6.07, 6.45) is 0. The molecule has 0 atom stereocenters. The first-order chi connectivity index (χ1) is 7.41. The van der Waals surface area contributed by atoms with Crippen molar-refractivity contribution < 1.29 is 14.8 Å². The van der Waals surface area contributed by atoms with Gasteiger partial charge >= 0.3 is 0 Å². The molecule has 0 unspecified atom stereocenters. The van der Waals surface area contributed by atoms with Crippen molar-refractivity contribution in [2.24, 2.45) is 0 Å². The van der Waals surface area contributed by atoms with Crippen LogP contribution in [0.3, 0.4) is 0 Å². The molecular formula is C10H10N2O4. The van der Waals surface area contributed by atoms with Crippen molar-refractivity contribution in [1.29, 1.82) is 0 Å². The van der Waals surface area contributed by atoms with Crippen molar-refractivity contribution in [3.8, 4) is 5.75 Å². The molecule has 2 N–H and O–H groups in total. The smallest absolute Gasteiger partial charge is 0.271 e.